The summed E-state index contributed by atoms with van der Waals surface area (Å²) >= 11 is 7.35. The Morgan fingerprint density at radius 3 is 2.60 bits per heavy atom. The second kappa shape index (κ2) is 11.9. The molecule has 0 aliphatic heterocycles. The number of halogens is 3. The van der Waals surface area contributed by atoms with Crippen LogP contribution in [0, 0.1) is 11.6 Å². The standard InChI is InChI=1S/C22H24ClF2NO3S/c1-3-5-10-29-22(28)19(7-4-2)30-20-13-18(17(25)12-16(20)23)26-21(27)14-8-6-9-15(24)11-14/h6,8-9,11-13,19H,3-5,7,10H2,1-2H3,(H,26,27). The van der Waals surface area contributed by atoms with Gasteiger partial charge in [-0.1, -0.05) is 44.4 Å². The molecule has 0 saturated heterocycles. The van der Waals surface area contributed by atoms with Crippen LogP contribution in [0.3, 0.4) is 0 Å². The number of amides is 1. The molecule has 0 saturated carbocycles. The van der Waals surface area contributed by atoms with Crippen LogP contribution in [0.2, 0.25) is 5.02 Å². The van der Waals surface area contributed by atoms with E-state index in [0.717, 1.165) is 31.4 Å². The molecular formula is C22H24ClF2NO3S. The lowest BCUT2D eigenvalue weighted by molar-refractivity contribution is -0.143. The van der Waals surface area contributed by atoms with E-state index in [1.165, 1.54) is 36.0 Å². The van der Waals surface area contributed by atoms with E-state index in [1.54, 1.807) is 0 Å². The SMILES string of the molecule is CCCCOC(=O)C(CCC)Sc1cc(NC(=O)c2cccc(F)c2)c(F)cc1Cl. The second-order valence-electron chi connectivity index (χ2n) is 6.64. The number of hydrogen-bond acceptors (Lipinski definition) is 4. The van der Waals surface area contributed by atoms with Crippen LogP contribution in [0.4, 0.5) is 14.5 Å². The van der Waals surface area contributed by atoms with E-state index in [-0.39, 0.29) is 22.2 Å². The zero-order valence-electron chi connectivity index (χ0n) is 16.8. The van der Waals surface area contributed by atoms with E-state index in [9.17, 15) is 18.4 Å². The number of thioether (sulfide) groups is 1. The summed E-state index contributed by atoms with van der Waals surface area (Å²) in [6, 6.07) is 7.54. The van der Waals surface area contributed by atoms with Crippen molar-refractivity contribution in [2.75, 3.05) is 11.9 Å². The first kappa shape index (κ1) is 24.2. The fourth-order valence-corrected chi connectivity index (χ4v) is 4.06. The van der Waals surface area contributed by atoms with Gasteiger partial charge in [-0.2, -0.15) is 0 Å². The van der Waals surface area contributed by atoms with Gasteiger partial charge in [-0.15, -0.1) is 11.8 Å². The summed E-state index contributed by atoms with van der Waals surface area (Å²) < 4.78 is 33.0. The molecule has 1 unspecified atom stereocenters. The third kappa shape index (κ3) is 6.99. The average Bonchev–Trinajstić information content (AvgIpc) is 2.71. The molecule has 4 nitrogen and oxygen atoms in total. The lowest BCUT2D eigenvalue weighted by Crippen LogP contribution is -2.21. The maximum absolute atomic E-state index is 14.4. The lowest BCUT2D eigenvalue weighted by atomic mass is 10.2. The maximum atomic E-state index is 14.4. The van der Waals surface area contributed by atoms with Gasteiger partial charge >= 0.3 is 5.97 Å². The summed E-state index contributed by atoms with van der Waals surface area (Å²) in [7, 11) is 0. The molecule has 0 fully saturated rings. The minimum absolute atomic E-state index is 0.0573. The van der Waals surface area contributed by atoms with Crippen LogP contribution in [0.25, 0.3) is 0 Å². The van der Waals surface area contributed by atoms with Crippen molar-refractivity contribution in [2.24, 2.45) is 0 Å². The quantitative estimate of drug-likeness (QED) is 0.253. The fraction of sp³-hybridized carbons (Fsp3) is 0.364. The number of carbonyl (C=O) groups excluding carboxylic acids is 2. The number of benzene rings is 2. The second-order valence-corrected chi connectivity index (χ2v) is 8.29. The molecule has 0 radical (unpaired) electrons. The van der Waals surface area contributed by atoms with Gasteiger partial charge in [-0.25, -0.2) is 8.78 Å². The Kier molecular flexibility index (Phi) is 9.59. The summed E-state index contributed by atoms with van der Waals surface area (Å²) in [6.45, 7) is 4.30. The van der Waals surface area contributed by atoms with Crippen molar-refractivity contribution >= 4 is 40.9 Å². The number of ether oxygens (including phenoxy) is 1. The van der Waals surface area contributed by atoms with E-state index < -0.39 is 22.8 Å². The van der Waals surface area contributed by atoms with Crippen LogP contribution < -0.4 is 5.32 Å². The van der Waals surface area contributed by atoms with Gasteiger partial charge in [-0.05, 0) is 43.2 Å². The minimum atomic E-state index is -0.730. The van der Waals surface area contributed by atoms with Crippen molar-refractivity contribution in [1.29, 1.82) is 0 Å². The van der Waals surface area contributed by atoms with E-state index in [2.05, 4.69) is 5.32 Å². The molecule has 8 heteroatoms. The Balaban J connectivity index is 2.19. The van der Waals surface area contributed by atoms with Crippen molar-refractivity contribution in [1.82, 2.24) is 0 Å². The van der Waals surface area contributed by atoms with Crippen molar-refractivity contribution in [2.45, 2.75) is 49.7 Å². The Morgan fingerprint density at radius 2 is 1.93 bits per heavy atom. The third-order valence-corrected chi connectivity index (χ3v) is 5.91. The van der Waals surface area contributed by atoms with Crippen molar-refractivity contribution < 1.29 is 23.1 Å². The van der Waals surface area contributed by atoms with Crippen LogP contribution in [-0.2, 0) is 9.53 Å². The van der Waals surface area contributed by atoms with Gasteiger partial charge in [0.1, 0.15) is 16.9 Å². The highest BCUT2D eigenvalue weighted by Gasteiger charge is 2.23. The number of esters is 1. The molecule has 0 aliphatic carbocycles. The predicted octanol–water partition coefficient (Wildman–Crippen LogP) is 6.47. The number of unbranched alkanes of at least 4 members (excludes halogenated alkanes) is 1. The maximum Gasteiger partial charge on any atom is 0.319 e. The molecule has 1 atom stereocenters. The highest BCUT2D eigenvalue weighted by molar-refractivity contribution is 8.00. The predicted molar refractivity (Wildman–Crippen MR) is 116 cm³/mol. The Bertz CT molecular complexity index is 895. The molecule has 0 aromatic heterocycles. The van der Waals surface area contributed by atoms with Gasteiger partial charge < -0.3 is 10.1 Å². The van der Waals surface area contributed by atoms with Gasteiger partial charge in [0.2, 0.25) is 0 Å². The van der Waals surface area contributed by atoms with E-state index >= 15 is 0 Å². The Hall–Kier alpha value is -2.12. The first-order valence-electron chi connectivity index (χ1n) is 9.75. The molecule has 0 spiro atoms. The summed E-state index contributed by atoms with van der Waals surface area (Å²) in [5.41, 5.74) is -0.0484. The van der Waals surface area contributed by atoms with Gasteiger partial charge in [0.25, 0.3) is 5.91 Å². The zero-order valence-corrected chi connectivity index (χ0v) is 18.4. The molecule has 0 bridgehead atoms. The van der Waals surface area contributed by atoms with Crippen LogP contribution >= 0.6 is 23.4 Å². The molecule has 2 aromatic carbocycles. The van der Waals surface area contributed by atoms with Crippen LogP contribution in [0.1, 0.15) is 49.9 Å². The van der Waals surface area contributed by atoms with Crippen LogP contribution in [0.15, 0.2) is 41.3 Å². The Labute approximate surface area is 184 Å². The first-order chi connectivity index (χ1) is 14.3. The van der Waals surface area contributed by atoms with E-state index in [0.29, 0.717) is 17.9 Å². The molecule has 2 rings (SSSR count). The largest absolute Gasteiger partial charge is 0.465 e. The van der Waals surface area contributed by atoms with Crippen LogP contribution in [-0.4, -0.2) is 23.7 Å². The smallest absolute Gasteiger partial charge is 0.319 e. The van der Waals surface area contributed by atoms with Gasteiger partial charge in [0, 0.05) is 10.5 Å². The molecule has 1 amide bonds. The van der Waals surface area contributed by atoms with Crippen molar-refractivity contribution in [3.63, 3.8) is 0 Å². The Morgan fingerprint density at radius 1 is 1.17 bits per heavy atom. The molecule has 2 aromatic rings. The summed E-state index contributed by atoms with van der Waals surface area (Å²) in [4.78, 5) is 25.2. The monoisotopic (exact) mass is 455 g/mol. The van der Waals surface area contributed by atoms with E-state index in [1.807, 2.05) is 13.8 Å². The third-order valence-electron chi connectivity index (χ3n) is 4.18. The molecule has 30 heavy (non-hydrogen) atoms. The molecule has 162 valence electrons. The molecule has 0 aliphatic rings. The minimum Gasteiger partial charge on any atom is -0.465 e. The summed E-state index contributed by atoms with van der Waals surface area (Å²) in [5.74, 6) is -2.30. The lowest BCUT2D eigenvalue weighted by Gasteiger charge is -2.17. The summed E-state index contributed by atoms with van der Waals surface area (Å²) in [5, 5.41) is 2.06. The number of hydrogen-bond donors (Lipinski definition) is 1. The number of rotatable bonds is 10. The number of carbonyl (C=O) groups is 2. The molecular weight excluding hydrogens is 432 g/mol. The molecule has 0 heterocycles. The topological polar surface area (TPSA) is 55.4 Å². The highest BCUT2D eigenvalue weighted by atomic mass is 35.5. The average molecular weight is 456 g/mol. The normalized spacial score (nSPS) is 11.8. The van der Waals surface area contributed by atoms with Gasteiger partial charge in [0.05, 0.1) is 17.3 Å². The van der Waals surface area contributed by atoms with Gasteiger partial charge in [-0.3, -0.25) is 9.59 Å². The van der Waals surface area contributed by atoms with Crippen molar-refractivity contribution in [3.05, 3.63) is 58.6 Å². The first-order valence-corrected chi connectivity index (χ1v) is 11.0. The summed E-state index contributed by atoms with van der Waals surface area (Å²) in [6.07, 6.45) is 3.01. The number of anilines is 1. The zero-order chi connectivity index (χ0) is 22.1. The van der Waals surface area contributed by atoms with E-state index in [4.69, 9.17) is 16.3 Å². The van der Waals surface area contributed by atoms with Gasteiger partial charge in [0.15, 0.2) is 0 Å². The van der Waals surface area contributed by atoms with Crippen LogP contribution in [0.5, 0.6) is 0 Å². The molecule has 1 N–H and O–H groups in total. The highest BCUT2D eigenvalue weighted by Crippen LogP contribution is 2.36. The van der Waals surface area contributed by atoms with Crippen molar-refractivity contribution in [3.8, 4) is 0 Å². The fourth-order valence-electron chi connectivity index (χ4n) is 2.59. The number of nitrogens with one attached hydrogen (secondary N) is 1.